The van der Waals surface area contributed by atoms with Gasteiger partial charge in [0.25, 0.3) is 11.8 Å². The van der Waals surface area contributed by atoms with Gasteiger partial charge in [-0.3, -0.25) is 14.5 Å². The van der Waals surface area contributed by atoms with E-state index in [1.54, 1.807) is 31.4 Å². The van der Waals surface area contributed by atoms with Gasteiger partial charge < -0.3 is 15.4 Å². The van der Waals surface area contributed by atoms with Gasteiger partial charge in [-0.2, -0.15) is 0 Å². The topological polar surface area (TPSA) is 87.7 Å². The Morgan fingerprint density at radius 2 is 1.63 bits per heavy atom. The lowest BCUT2D eigenvalue weighted by atomic mass is 10.1. The average Bonchev–Trinajstić information content (AvgIpc) is 2.93. The summed E-state index contributed by atoms with van der Waals surface area (Å²) in [5, 5.41) is 5.42. The Balaban J connectivity index is 1.40. The zero-order chi connectivity index (χ0) is 19.2. The lowest BCUT2D eigenvalue weighted by Crippen LogP contribution is -2.42. The first-order valence-corrected chi connectivity index (χ1v) is 8.70. The van der Waals surface area contributed by atoms with Crippen LogP contribution in [0.3, 0.4) is 0 Å². The second kappa shape index (κ2) is 8.35. The van der Waals surface area contributed by atoms with Crippen molar-refractivity contribution in [2.75, 3.05) is 26.7 Å². The molecule has 7 nitrogen and oxygen atoms in total. The molecule has 7 heteroatoms. The number of imide groups is 1. The molecule has 2 aromatic rings. The Bertz CT molecular complexity index is 831. The molecule has 4 amide bonds. The van der Waals surface area contributed by atoms with Crippen molar-refractivity contribution in [3.05, 3.63) is 65.2 Å². The summed E-state index contributed by atoms with van der Waals surface area (Å²) in [7, 11) is 1.61. The Kier molecular flexibility index (Phi) is 5.71. The van der Waals surface area contributed by atoms with E-state index >= 15 is 0 Å². The third-order valence-electron chi connectivity index (χ3n) is 4.33. The SMILES string of the molecule is COc1cccc(CCNC(=O)NCCN2C(=O)c3ccccc3C2=O)c1. The van der Waals surface area contributed by atoms with E-state index in [4.69, 9.17) is 4.74 Å². The van der Waals surface area contributed by atoms with Gasteiger partial charge in [0, 0.05) is 19.6 Å². The predicted molar refractivity (Wildman–Crippen MR) is 99.9 cm³/mol. The summed E-state index contributed by atoms with van der Waals surface area (Å²) in [5.41, 5.74) is 1.87. The van der Waals surface area contributed by atoms with Crippen molar-refractivity contribution >= 4 is 17.8 Å². The van der Waals surface area contributed by atoms with E-state index in [0.717, 1.165) is 16.2 Å². The Morgan fingerprint density at radius 3 is 2.30 bits per heavy atom. The van der Waals surface area contributed by atoms with E-state index in [9.17, 15) is 14.4 Å². The molecule has 0 aliphatic carbocycles. The molecule has 0 unspecified atom stereocenters. The van der Waals surface area contributed by atoms with Gasteiger partial charge >= 0.3 is 6.03 Å². The molecule has 0 aromatic heterocycles. The van der Waals surface area contributed by atoms with E-state index in [1.165, 1.54) is 0 Å². The van der Waals surface area contributed by atoms with Crippen LogP contribution in [0.15, 0.2) is 48.5 Å². The van der Waals surface area contributed by atoms with Crippen LogP contribution in [0, 0.1) is 0 Å². The highest BCUT2D eigenvalue weighted by molar-refractivity contribution is 6.21. The van der Waals surface area contributed by atoms with Crippen molar-refractivity contribution in [1.82, 2.24) is 15.5 Å². The first-order valence-electron chi connectivity index (χ1n) is 8.70. The molecule has 0 spiro atoms. The van der Waals surface area contributed by atoms with Gasteiger partial charge in [-0.1, -0.05) is 24.3 Å². The van der Waals surface area contributed by atoms with Gasteiger partial charge in [-0.25, -0.2) is 4.79 Å². The van der Waals surface area contributed by atoms with Crippen molar-refractivity contribution in [2.24, 2.45) is 0 Å². The molecule has 0 fully saturated rings. The number of urea groups is 1. The van der Waals surface area contributed by atoms with Crippen molar-refractivity contribution in [1.29, 1.82) is 0 Å². The number of amides is 4. The summed E-state index contributed by atoms with van der Waals surface area (Å²) < 4.78 is 5.17. The summed E-state index contributed by atoms with van der Waals surface area (Å²) in [6, 6.07) is 14.0. The van der Waals surface area contributed by atoms with Crippen LogP contribution in [0.1, 0.15) is 26.3 Å². The van der Waals surface area contributed by atoms with Gasteiger partial charge in [0.2, 0.25) is 0 Å². The molecule has 0 saturated heterocycles. The van der Waals surface area contributed by atoms with Crippen molar-refractivity contribution in [3.63, 3.8) is 0 Å². The van der Waals surface area contributed by atoms with Crippen LogP contribution >= 0.6 is 0 Å². The smallest absolute Gasteiger partial charge is 0.314 e. The molecule has 2 aromatic carbocycles. The van der Waals surface area contributed by atoms with Crippen LogP contribution in [-0.4, -0.2) is 49.5 Å². The minimum absolute atomic E-state index is 0.135. The molecule has 1 aliphatic heterocycles. The maximum absolute atomic E-state index is 12.2. The summed E-state index contributed by atoms with van der Waals surface area (Å²) >= 11 is 0. The molecular formula is C20H21N3O4. The molecule has 0 atom stereocenters. The fourth-order valence-electron chi connectivity index (χ4n) is 2.93. The summed E-state index contributed by atoms with van der Waals surface area (Å²) in [5.74, 6) is 0.129. The van der Waals surface area contributed by atoms with E-state index in [2.05, 4.69) is 10.6 Å². The second-order valence-electron chi connectivity index (χ2n) is 6.09. The Hall–Kier alpha value is -3.35. The van der Waals surface area contributed by atoms with Crippen LogP contribution < -0.4 is 15.4 Å². The minimum atomic E-state index is -0.338. The first-order chi connectivity index (χ1) is 13.1. The van der Waals surface area contributed by atoms with Gasteiger partial charge in [0.15, 0.2) is 0 Å². The number of carbonyl (C=O) groups excluding carboxylic acids is 3. The molecule has 0 radical (unpaired) electrons. The van der Waals surface area contributed by atoms with Gasteiger partial charge in [-0.05, 0) is 36.2 Å². The number of hydrogen-bond acceptors (Lipinski definition) is 4. The fraction of sp³-hybridized carbons (Fsp3) is 0.250. The minimum Gasteiger partial charge on any atom is -0.497 e. The van der Waals surface area contributed by atoms with Crippen LogP contribution in [0.2, 0.25) is 0 Å². The molecule has 0 saturated carbocycles. The number of rotatable bonds is 7. The Labute approximate surface area is 157 Å². The fourth-order valence-corrected chi connectivity index (χ4v) is 2.93. The van der Waals surface area contributed by atoms with E-state index in [1.807, 2.05) is 24.3 Å². The van der Waals surface area contributed by atoms with Gasteiger partial charge in [-0.15, -0.1) is 0 Å². The van der Waals surface area contributed by atoms with E-state index < -0.39 is 0 Å². The van der Waals surface area contributed by atoms with Crippen LogP contribution in [0.5, 0.6) is 5.75 Å². The van der Waals surface area contributed by atoms with Crippen molar-refractivity contribution in [3.8, 4) is 5.75 Å². The third kappa shape index (κ3) is 4.25. The maximum Gasteiger partial charge on any atom is 0.314 e. The number of hydrogen-bond donors (Lipinski definition) is 2. The molecule has 1 aliphatic rings. The number of nitrogens with zero attached hydrogens (tertiary/aromatic N) is 1. The van der Waals surface area contributed by atoms with Crippen LogP contribution in [-0.2, 0) is 6.42 Å². The summed E-state index contributed by atoms with van der Waals surface area (Å²) in [6.07, 6.45) is 0.670. The highest BCUT2D eigenvalue weighted by Crippen LogP contribution is 2.21. The van der Waals surface area contributed by atoms with E-state index in [0.29, 0.717) is 24.1 Å². The maximum atomic E-state index is 12.2. The highest BCUT2D eigenvalue weighted by atomic mass is 16.5. The number of carbonyl (C=O) groups is 3. The van der Waals surface area contributed by atoms with Crippen LogP contribution in [0.4, 0.5) is 4.79 Å². The largest absolute Gasteiger partial charge is 0.497 e. The normalized spacial score (nSPS) is 12.7. The number of benzene rings is 2. The zero-order valence-corrected chi connectivity index (χ0v) is 15.0. The molecule has 0 bridgehead atoms. The highest BCUT2D eigenvalue weighted by Gasteiger charge is 2.34. The molecular weight excluding hydrogens is 346 g/mol. The molecule has 2 N–H and O–H groups in total. The molecule has 27 heavy (non-hydrogen) atoms. The number of ether oxygens (including phenoxy) is 1. The van der Waals surface area contributed by atoms with E-state index in [-0.39, 0.29) is 30.9 Å². The monoisotopic (exact) mass is 367 g/mol. The van der Waals surface area contributed by atoms with Crippen LogP contribution in [0.25, 0.3) is 0 Å². The standard InChI is InChI=1S/C20H21N3O4/c1-27-15-6-4-5-14(13-15)9-10-21-20(26)22-11-12-23-18(24)16-7-2-3-8-17(16)19(23)25/h2-8,13H,9-12H2,1H3,(H2,21,22,26). The number of nitrogens with one attached hydrogen (secondary N) is 2. The van der Waals surface area contributed by atoms with Gasteiger partial charge in [0.1, 0.15) is 5.75 Å². The zero-order valence-electron chi connectivity index (χ0n) is 15.0. The lowest BCUT2D eigenvalue weighted by Gasteiger charge is -2.14. The quantitative estimate of drug-likeness (QED) is 0.731. The van der Waals surface area contributed by atoms with Gasteiger partial charge in [0.05, 0.1) is 18.2 Å². The lowest BCUT2D eigenvalue weighted by molar-refractivity contribution is 0.0656. The first kappa shape index (κ1) is 18.4. The average molecular weight is 367 g/mol. The number of fused-ring (bicyclic) bond motifs is 1. The summed E-state index contributed by atoms with van der Waals surface area (Å²) in [4.78, 5) is 37.5. The summed E-state index contributed by atoms with van der Waals surface area (Å²) in [6.45, 7) is 0.790. The molecule has 140 valence electrons. The Morgan fingerprint density at radius 1 is 0.963 bits per heavy atom. The number of methoxy groups -OCH3 is 1. The third-order valence-corrected chi connectivity index (χ3v) is 4.33. The second-order valence-corrected chi connectivity index (χ2v) is 6.09. The molecule has 3 rings (SSSR count). The van der Waals surface area contributed by atoms with Crippen molar-refractivity contribution in [2.45, 2.75) is 6.42 Å². The molecule has 1 heterocycles. The predicted octanol–water partition coefficient (Wildman–Crippen LogP) is 1.83. The van der Waals surface area contributed by atoms with Crippen molar-refractivity contribution < 1.29 is 19.1 Å².